The van der Waals surface area contributed by atoms with Crippen molar-refractivity contribution >= 4 is 0 Å². The van der Waals surface area contributed by atoms with Crippen LogP contribution in [0.3, 0.4) is 0 Å². The monoisotopic (exact) mass is 148 g/mol. The molecule has 0 heterocycles. The van der Waals surface area contributed by atoms with Gasteiger partial charge in [0.15, 0.2) is 0 Å². The summed E-state index contributed by atoms with van der Waals surface area (Å²) in [5, 5.41) is 9.02. The maximum atomic E-state index is 9.02. The highest BCUT2D eigenvalue weighted by molar-refractivity contribution is 5.31. The average Bonchev–Trinajstić information content (AvgIpc) is 2.69. The zero-order valence-electron chi connectivity index (χ0n) is 6.62. The second-order valence-corrected chi connectivity index (χ2v) is 3.41. The molecule has 0 saturated heterocycles. The molecule has 1 aliphatic carbocycles. The Balaban J connectivity index is 2.21. The Morgan fingerprint density at radius 2 is 1.82 bits per heavy atom. The van der Waals surface area contributed by atoms with Crippen LogP contribution in [0, 0.1) is 5.92 Å². The van der Waals surface area contributed by atoms with Crippen LogP contribution in [0.25, 0.3) is 0 Å². The molecule has 1 nitrogen and oxygen atoms in total. The van der Waals surface area contributed by atoms with Gasteiger partial charge < -0.3 is 5.11 Å². The fraction of sp³-hybridized carbons (Fsp3) is 0.400. The van der Waals surface area contributed by atoms with Crippen LogP contribution in [-0.4, -0.2) is 5.11 Å². The lowest BCUT2D eigenvalue weighted by Gasteiger charge is -1.97. The van der Waals surface area contributed by atoms with E-state index < -0.39 is 0 Å². The summed E-state index contributed by atoms with van der Waals surface area (Å²) in [6, 6.07) is 7.56. The molecule has 0 amide bonds. The van der Waals surface area contributed by atoms with E-state index in [2.05, 4.69) is 6.92 Å². The van der Waals surface area contributed by atoms with Crippen molar-refractivity contribution < 1.29 is 5.11 Å². The smallest absolute Gasteiger partial charge is 0.115 e. The van der Waals surface area contributed by atoms with Crippen LogP contribution < -0.4 is 0 Å². The largest absolute Gasteiger partial charge is 0.508 e. The summed E-state index contributed by atoms with van der Waals surface area (Å²) < 4.78 is 0. The van der Waals surface area contributed by atoms with Gasteiger partial charge in [-0.25, -0.2) is 0 Å². The predicted octanol–water partition coefficient (Wildman–Crippen LogP) is 2.52. The van der Waals surface area contributed by atoms with E-state index in [9.17, 15) is 0 Å². The highest BCUT2D eigenvalue weighted by atomic mass is 16.3. The van der Waals surface area contributed by atoms with Crippen LogP contribution in [-0.2, 0) is 0 Å². The van der Waals surface area contributed by atoms with Gasteiger partial charge in [-0.3, -0.25) is 0 Å². The second-order valence-electron chi connectivity index (χ2n) is 3.41. The minimum absolute atomic E-state index is 0.363. The molecule has 2 rings (SSSR count). The third-order valence-corrected chi connectivity index (χ3v) is 2.43. The van der Waals surface area contributed by atoms with Crippen molar-refractivity contribution in [3.8, 4) is 5.75 Å². The van der Waals surface area contributed by atoms with Crippen molar-refractivity contribution in [1.29, 1.82) is 0 Å². The van der Waals surface area contributed by atoms with Crippen LogP contribution in [0.2, 0.25) is 0 Å². The van der Waals surface area contributed by atoms with E-state index in [0.717, 1.165) is 11.8 Å². The maximum Gasteiger partial charge on any atom is 0.115 e. The summed E-state index contributed by atoms with van der Waals surface area (Å²) >= 11 is 0. The first-order valence-corrected chi connectivity index (χ1v) is 4.06. The first-order chi connectivity index (χ1) is 5.27. The van der Waals surface area contributed by atoms with Gasteiger partial charge in [0, 0.05) is 0 Å². The van der Waals surface area contributed by atoms with Crippen LogP contribution in [0.5, 0.6) is 5.75 Å². The van der Waals surface area contributed by atoms with Gasteiger partial charge in [-0.2, -0.15) is 0 Å². The number of aromatic hydroxyl groups is 1. The van der Waals surface area contributed by atoms with Gasteiger partial charge in [-0.15, -0.1) is 0 Å². The van der Waals surface area contributed by atoms with E-state index in [4.69, 9.17) is 5.11 Å². The summed E-state index contributed by atoms with van der Waals surface area (Å²) in [6.45, 7) is 2.26. The summed E-state index contributed by atoms with van der Waals surface area (Å²) in [7, 11) is 0. The molecule has 0 bridgehead atoms. The van der Waals surface area contributed by atoms with Crippen molar-refractivity contribution in [2.45, 2.75) is 19.3 Å². The molecule has 1 fully saturated rings. The van der Waals surface area contributed by atoms with Crippen molar-refractivity contribution in [3.05, 3.63) is 29.8 Å². The fourth-order valence-corrected chi connectivity index (χ4v) is 1.51. The van der Waals surface area contributed by atoms with E-state index in [1.165, 1.54) is 12.0 Å². The molecule has 1 aromatic carbocycles. The van der Waals surface area contributed by atoms with Crippen LogP contribution >= 0.6 is 0 Å². The standard InChI is InChI=1S/C10H12O/c1-7-6-10(7)8-2-4-9(11)5-3-8/h2-5,7,10-11H,6H2,1H3. The molecular formula is C10H12O. The molecule has 2 unspecified atom stereocenters. The number of rotatable bonds is 1. The molecule has 2 atom stereocenters. The first kappa shape index (κ1) is 6.71. The Labute approximate surface area is 66.7 Å². The maximum absolute atomic E-state index is 9.02. The highest BCUT2D eigenvalue weighted by Crippen LogP contribution is 2.46. The normalized spacial score (nSPS) is 28.5. The molecule has 1 N–H and O–H groups in total. The third-order valence-electron chi connectivity index (χ3n) is 2.43. The molecule has 0 spiro atoms. The van der Waals surface area contributed by atoms with E-state index in [1.54, 1.807) is 12.1 Å². The Morgan fingerprint density at radius 3 is 2.27 bits per heavy atom. The second kappa shape index (κ2) is 2.26. The molecule has 0 aliphatic heterocycles. The zero-order chi connectivity index (χ0) is 7.84. The summed E-state index contributed by atoms with van der Waals surface area (Å²) in [5.41, 5.74) is 1.37. The Hall–Kier alpha value is -0.980. The van der Waals surface area contributed by atoms with Gasteiger partial charge in [0.1, 0.15) is 5.75 Å². The van der Waals surface area contributed by atoms with Gasteiger partial charge in [-0.05, 0) is 36.0 Å². The van der Waals surface area contributed by atoms with Crippen LogP contribution in [0.1, 0.15) is 24.8 Å². The molecule has 0 radical (unpaired) electrons. The van der Waals surface area contributed by atoms with Crippen molar-refractivity contribution in [2.24, 2.45) is 5.92 Å². The molecular weight excluding hydrogens is 136 g/mol. The lowest BCUT2D eigenvalue weighted by atomic mass is 10.1. The molecule has 1 aliphatic rings. The molecule has 1 saturated carbocycles. The highest BCUT2D eigenvalue weighted by Gasteiger charge is 2.33. The number of benzene rings is 1. The third kappa shape index (κ3) is 1.23. The summed E-state index contributed by atoms with van der Waals surface area (Å²) in [5.74, 6) is 1.97. The molecule has 58 valence electrons. The van der Waals surface area contributed by atoms with Gasteiger partial charge in [0.2, 0.25) is 0 Å². The van der Waals surface area contributed by atoms with Gasteiger partial charge in [0.25, 0.3) is 0 Å². The Kier molecular flexibility index (Phi) is 1.38. The van der Waals surface area contributed by atoms with E-state index in [-0.39, 0.29) is 0 Å². The van der Waals surface area contributed by atoms with Crippen LogP contribution in [0.4, 0.5) is 0 Å². The van der Waals surface area contributed by atoms with Crippen molar-refractivity contribution in [1.82, 2.24) is 0 Å². The van der Waals surface area contributed by atoms with E-state index in [1.807, 2.05) is 12.1 Å². The number of phenolic OH excluding ortho intramolecular Hbond substituents is 1. The predicted molar refractivity (Wildman–Crippen MR) is 44.6 cm³/mol. The van der Waals surface area contributed by atoms with E-state index >= 15 is 0 Å². The zero-order valence-corrected chi connectivity index (χ0v) is 6.62. The molecule has 1 heteroatoms. The minimum Gasteiger partial charge on any atom is -0.508 e. The minimum atomic E-state index is 0.363. The lowest BCUT2D eigenvalue weighted by Crippen LogP contribution is -1.78. The van der Waals surface area contributed by atoms with Crippen LogP contribution in [0.15, 0.2) is 24.3 Å². The van der Waals surface area contributed by atoms with Crippen molar-refractivity contribution in [2.75, 3.05) is 0 Å². The lowest BCUT2D eigenvalue weighted by molar-refractivity contribution is 0.475. The Bertz CT molecular complexity index is 250. The number of phenols is 1. The Morgan fingerprint density at radius 1 is 1.27 bits per heavy atom. The van der Waals surface area contributed by atoms with Gasteiger partial charge in [-0.1, -0.05) is 19.1 Å². The van der Waals surface area contributed by atoms with Crippen molar-refractivity contribution in [3.63, 3.8) is 0 Å². The first-order valence-electron chi connectivity index (χ1n) is 4.06. The number of hydrogen-bond acceptors (Lipinski definition) is 1. The summed E-state index contributed by atoms with van der Waals surface area (Å²) in [6.07, 6.45) is 1.31. The molecule has 11 heavy (non-hydrogen) atoms. The van der Waals surface area contributed by atoms with E-state index in [0.29, 0.717) is 5.75 Å². The number of hydrogen-bond donors (Lipinski definition) is 1. The average molecular weight is 148 g/mol. The molecule has 0 aromatic heterocycles. The topological polar surface area (TPSA) is 20.2 Å². The van der Waals surface area contributed by atoms with Gasteiger partial charge in [0.05, 0.1) is 0 Å². The molecule has 1 aromatic rings. The quantitative estimate of drug-likeness (QED) is 0.648. The SMILES string of the molecule is CC1CC1c1ccc(O)cc1. The van der Waals surface area contributed by atoms with Gasteiger partial charge >= 0.3 is 0 Å². The fourth-order valence-electron chi connectivity index (χ4n) is 1.51. The summed E-state index contributed by atoms with van der Waals surface area (Å²) in [4.78, 5) is 0.